The first-order valence-electron chi connectivity index (χ1n) is 6.25. The Hall–Kier alpha value is -0.880. The highest BCUT2D eigenvalue weighted by atomic mass is 14.0. The van der Waals surface area contributed by atoms with Crippen LogP contribution >= 0.6 is 0 Å². The van der Waals surface area contributed by atoms with Crippen molar-refractivity contribution < 1.29 is 0 Å². The summed E-state index contributed by atoms with van der Waals surface area (Å²) in [5.74, 6) is 8.52. The van der Waals surface area contributed by atoms with Gasteiger partial charge < -0.3 is 0 Å². The summed E-state index contributed by atoms with van der Waals surface area (Å²) in [6.45, 7) is 10.4. The zero-order valence-electron chi connectivity index (χ0n) is 11.8. The zero-order chi connectivity index (χ0) is 12.9. The quantitative estimate of drug-likeness (QED) is 0.502. The van der Waals surface area contributed by atoms with Crippen molar-refractivity contribution in [3.05, 3.63) is 0 Å². The number of hydrogen-bond donors (Lipinski definition) is 0. The highest BCUT2D eigenvalue weighted by Crippen LogP contribution is 2.08. The molecule has 0 aliphatic heterocycles. The van der Waals surface area contributed by atoms with Gasteiger partial charge in [0, 0.05) is 12.8 Å². The SMILES string of the molecule is C#CC.C1#CCCCCCC1.CC(C)(C)C. The molecule has 0 fully saturated rings. The van der Waals surface area contributed by atoms with Gasteiger partial charge in [-0.25, -0.2) is 0 Å². The second-order valence-electron chi connectivity index (χ2n) is 5.56. The minimum Gasteiger partial charge on any atom is -0.120 e. The Morgan fingerprint density at radius 3 is 1.38 bits per heavy atom. The zero-order valence-corrected chi connectivity index (χ0v) is 11.8. The van der Waals surface area contributed by atoms with Crippen molar-refractivity contribution in [1.82, 2.24) is 0 Å². The lowest BCUT2D eigenvalue weighted by molar-refractivity contribution is 0.469. The van der Waals surface area contributed by atoms with Crippen LogP contribution < -0.4 is 0 Å². The fraction of sp³-hybridized carbons (Fsp3) is 0.750. The molecule has 1 aliphatic carbocycles. The molecular weight excluding hydrogens is 192 g/mol. The minimum absolute atomic E-state index is 0.500. The van der Waals surface area contributed by atoms with Crippen molar-refractivity contribution in [1.29, 1.82) is 0 Å². The summed E-state index contributed by atoms with van der Waals surface area (Å²) in [4.78, 5) is 0. The Kier molecular flexibility index (Phi) is 13.3. The third-order valence-corrected chi connectivity index (χ3v) is 1.48. The van der Waals surface area contributed by atoms with Crippen LogP contribution in [0.3, 0.4) is 0 Å². The third kappa shape index (κ3) is 38.0. The van der Waals surface area contributed by atoms with Crippen LogP contribution in [0.15, 0.2) is 0 Å². The first kappa shape index (κ1) is 17.5. The summed E-state index contributed by atoms with van der Waals surface area (Å²) in [6, 6.07) is 0. The molecule has 0 heteroatoms. The van der Waals surface area contributed by atoms with Crippen LogP contribution in [0.4, 0.5) is 0 Å². The molecule has 0 N–H and O–H groups in total. The van der Waals surface area contributed by atoms with Crippen LogP contribution in [-0.2, 0) is 0 Å². The van der Waals surface area contributed by atoms with Crippen LogP contribution in [0, 0.1) is 29.6 Å². The van der Waals surface area contributed by atoms with Gasteiger partial charge in [-0.05, 0) is 25.2 Å². The van der Waals surface area contributed by atoms with E-state index in [1.165, 1.54) is 25.7 Å². The van der Waals surface area contributed by atoms with E-state index in [0.717, 1.165) is 12.8 Å². The van der Waals surface area contributed by atoms with Gasteiger partial charge >= 0.3 is 0 Å². The van der Waals surface area contributed by atoms with Gasteiger partial charge in [0.15, 0.2) is 0 Å². The molecule has 1 rings (SSSR count). The van der Waals surface area contributed by atoms with Gasteiger partial charge in [-0.1, -0.05) is 40.5 Å². The Morgan fingerprint density at radius 1 is 0.875 bits per heavy atom. The van der Waals surface area contributed by atoms with E-state index < -0.39 is 0 Å². The average Bonchev–Trinajstić information content (AvgIpc) is 1.99. The first-order valence-corrected chi connectivity index (χ1v) is 6.25. The van der Waals surface area contributed by atoms with E-state index in [0.29, 0.717) is 5.41 Å². The molecule has 92 valence electrons. The van der Waals surface area contributed by atoms with Crippen molar-refractivity contribution in [3.63, 3.8) is 0 Å². The Labute approximate surface area is 103 Å². The van der Waals surface area contributed by atoms with Crippen molar-refractivity contribution in [2.75, 3.05) is 0 Å². The molecule has 16 heavy (non-hydrogen) atoms. The van der Waals surface area contributed by atoms with Crippen LogP contribution in [0.1, 0.15) is 73.1 Å². The average molecular weight is 220 g/mol. The van der Waals surface area contributed by atoms with E-state index in [1.54, 1.807) is 6.92 Å². The van der Waals surface area contributed by atoms with Crippen molar-refractivity contribution >= 4 is 0 Å². The maximum Gasteiger partial charge on any atom is 0.00886 e. The summed E-state index contributed by atoms with van der Waals surface area (Å²) < 4.78 is 0. The summed E-state index contributed by atoms with van der Waals surface area (Å²) in [5, 5.41) is 0. The molecule has 1 aliphatic rings. The summed E-state index contributed by atoms with van der Waals surface area (Å²) in [7, 11) is 0. The topological polar surface area (TPSA) is 0 Å². The summed E-state index contributed by atoms with van der Waals surface area (Å²) in [5.41, 5.74) is 0.500. The highest BCUT2D eigenvalue weighted by Gasteiger charge is 1.95. The molecule has 0 amide bonds. The molecule has 0 unspecified atom stereocenters. The van der Waals surface area contributed by atoms with Crippen LogP contribution in [-0.4, -0.2) is 0 Å². The van der Waals surface area contributed by atoms with E-state index in [1.807, 2.05) is 0 Å². The Bertz CT molecular complexity index is 205. The molecular formula is C16H28. The number of hydrogen-bond acceptors (Lipinski definition) is 0. The molecule has 0 radical (unpaired) electrons. The molecule has 0 atom stereocenters. The van der Waals surface area contributed by atoms with Gasteiger partial charge in [-0.3, -0.25) is 0 Å². The fourth-order valence-corrected chi connectivity index (χ4v) is 0.957. The summed E-state index contributed by atoms with van der Waals surface area (Å²) >= 11 is 0. The molecule has 0 heterocycles. The van der Waals surface area contributed by atoms with Crippen molar-refractivity contribution in [2.24, 2.45) is 5.41 Å². The van der Waals surface area contributed by atoms with Crippen LogP contribution in [0.5, 0.6) is 0 Å². The van der Waals surface area contributed by atoms with E-state index in [2.05, 4.69) is 51.9 Å². The lowest BCUT2D eigenvalue weighted by Crippen LogP contribution is -1.93. The molecule has 0 aromatic rings. The number of terminal acetylenes is 1. The smallest absolute Gasteiger partial charge is 0.00886 e. The largest absolute Gasteiger partial charge is 0.120 e. The van der Waals surface area contributed by atoms with E-state index in [9.17, 15) is 0 Å². The van der Waals surface area contributed by atoms with E-state index in [4.69, 9.17) is 0 Å². The van der Waals surface area contributed by atoms with Gasteiger partial charge in [0.25, 0.3) is 0 Å². The van der Waals surface area contributed by atoms with Gasteiger partial charge in [0.1, 0.15) is 0 Å². The minimum atomic E-state index is 0.500. The fourth-order valence-electron chi connectivity index (χ4n) is 0.957. The normalized spacial score (nSPS) is 14.2. The van der Waals surface area contributed by atoms with Gasteiger partial charge in [-0.2, -0.15) is 0 Å². The molecule has 0 saturated heterocycles. The second-order valence-corrected chi connectivity index (χ2v) is 5.56. The summed E-state index contributed by atoms with van der Waals surface area (Å²) in [6.07, 6.45) is 12.3. The monoisotopic (exact) mass is 220 g/mol. The van der Waals surface area contributed by atoms with Crippen molar-refractivity contribution in [3.8, 4) is 24.2 Å². The predicted molar refractivity (Wildman–Crippen MR) is 75.1 cm³/mol. The highest BCUT2D eigenvalue weighted by molar-refractivity contribution is 4.99. The van der Waals surface area contributed by atoms with Crippen LogP contribution in [0.2, 0.25) is 0 Å². The lowest BCUT2D eigenvalue weighted by Gasteiger charge is -2.05. The van der Waals surface area contributed by atoms with Crippen LogP contribution in [0.25, 0.3) is 0 Å². The molecule has 0 aromatic carbocycles. The molecule has 0 nitrogen and oxygen atoms in total. The predicted octanol–water partition coefficient (Wildman–Crippen LogP) is 5.04. The maximum atomic E-state index is 4.60. The molecule has 0 spiro atoms. The van der Waals surface area contributed by atoms with Gasteiger partial charge in [-0.15, -0.1) is 24.2 Å². The van der Waals surface area contributed by atoms with E-state index >= 15 is 0 Å². The van der Waals surface area contributed by atoms with Crippen molar-refractivity contribution in [2.45, 2.75) is 73.1 Å². The van der Waals surface area contributed by atoms with E-state index in [-0.39, 0.29) is 0 Å². The second kappa shape index (κ2) is 12.2. The van der Waals surface area contributed by atoms with Gasteiger partial charge in [0.2, 0.25) is 0 Å². The molecule has 0 bridgehead atoms. The molecule has 0 aromatic heterocycles. The Morgan fingerprint density at radius 2 is 1.12 bits per heavy atom. The molecule has 0 saturated carbocycles. The maximum absolute atomic E-state index is 4.60. The standard InChI is InChI=1S/C8H12.C5H12.C3H4/c1-2-4-6-8-7-5-3-1;1-5(2,3)4;1-3-2/h1-6H2;1-4H3;1H,2H3. The first-order chi connectivity index (χ1) is 7.41. The number of rotatable bonds is 0. The van der Waals surface area contributed by atoms with Gasteiger partial charge in [0.05, 0.1) is 0 Å². The lowest BCUT2D eigenvalue weighted by atomic mass is 10.0. The third-order valence-electron chi connectivity index (χ3n) is 1.48. The Balaban J connectivity index is 0.